The molecule has 1 unspecified atom stereocenters. The molecular weight excluding hydrogens is 491 g/mol. The van der Waals surface area contributed by atoms with E-state index >= 15 is 0 Å². The highest BCUT2D eigenvalue weighted by molar-refractivity contribution is 7.92. The predicted octanol–water partition coefficient (Wildman–Crippen LogP) is 3.85. The third-order valence-corrected chi connectivity index (χ3v) is 9.53. The molecule has 2 aliphatic heterocycles. The second-order valence-electron chi connectivity index (χ2n) is 9.52. The molecule has 1 fully saturated rings. The molecule has 2 heterocycles. The monoisotopic (exact) mass is 518 g/mol. The highest BCUT2D eigenvalue weighted by Crippen LogP contribution is 2.52. The maximum absolute atomic E-state index is 13.8. The summed E-state index contributed by atoms with van der Waals surface area (Å²) in [5.41, 5.74) is 2.57. The molecule has 0 radical (unpaired) electrons. The molecule has 1 spiro atoms. The third-order valence-electron chi connectivity index (χ3n) is 7.63. The molecule has 1 amide bonds. The van der Waals surface area contributed by atoms with E-state index in [2.05, 4.69) is 16.7 Å². The number of nitrogens with zero attached hydrogens (tertiary/aromatic N) is 2. The van der Waals surface area contributed by atoms with E-state index in [1.807, 2.05) is 19.1 Å². The number of benzene rings is 3. The Bertz CT molecular complexity index is 1490. The van der Waals surface area contributed by atoms with Crippen LogP contribution in [0.4, 0.5) is 10.1 Å². The Morgan fingerprint density at radius 3 is 2.54 bits per heavy atom. The molecule has 2 aliphatic rings. The van der Waals surface area contributed by atoms with Crippen molar-refractivity contribution in [3.63, 3.8) is 0 Å². The van der Waals surface area contributed by atoms with Crippen molar-refractivity contribution in [3.05, 3.63) is 94.8 Å². The van der Waals surface area contributed by atoms with Crippen LogP contribution in [-0.2, 0) is 22.0 Å². The van der Waals surface area contributed by atoms with Gasteiger partial charge in [-0.25, -0.2) is 12.8 Å². The van der Waals surface area contributed by atoms with E-state index in [0.29, 0.717) is 16.8 Å². The minimum Gasteiger partial charge on any atom is -0.348 e. The molecule has 3 aromatic carbocycles. The molecule has 3 aromatic rings. The summed E-state index contributed by atoms with van der Waals surface area (Å²) in [6.07, 6.45) is 1.44. The first-order valence-corrected chi connectivity index (χ1v) is 13.6. The van der Waals surface area contributed by atoms with Crippen LogP contribution < -0.4 is 14.9 Å². The molecule has 5 rings (SSSR count). The van der Waals surface area contributed by atoms with Crippen molar-refractivity contribution in [2.24, 2.45) is 0 Å². The quantitative estimate of drug-likeness (QED) is 0.534. The van der Waals surface area contributed by atoms with Crippen molar-refractivity contribution in [2.75, 3.05) is 17.4 Å². The van der Waals surface area contributed by atoms with Crippen LogP contribution in [0.3, 0.4) is 0 Å². The topological polar surface area (TPSA) is 102 Å². The number of anilines is 1. The number of carbonyl (C=O) groups excluding carboxylic acids is 1. The van der Waals surface area contributed by atoms with E-state index in [-0.39, 0.29) is 23.4 Å². The van der Waals surface area contributed by atoms with Crippen molar-refractivity contribution in [1.82, 2.24) is 10.6 Å². The van der Waals surface area contributed by atoms with Crippen LogP contribution in [0.2, 0.25) is 0 Å². The smallest absolute Gasteiger partial charge is 0.264 e. The van der Waals surface area contributed by atoms with Crippen LogP contribution in [0.5, 0.6) is 0 Å². The summed E-state index contributed by atoms with van der Waals surface area (Å²) in [6.45, 7) is 3.58. The van der Waals surface area contributed by atoms with Gasteiger partial charge in [-0.3, -0.25) is 9.10 Å². The molecule has 9 heteroatoms. The average Bonchev–Trinajstić information content (AvgIpc) is 3.15. The van der Waals surface area contributed by atoms with Gasteiger partial charge in [0.1, 0.15) is 5.82 Å². The van der Waals surface area contributed by atoms with Gasteiger partial charge in [-0.1, -0.05) is 18.2 Å². The number of carbonyl (C=O) groups is 1. The maximum atomic E-state index is 13.8. The van der Waals surface area contributed by atoms with Gasteiger partial charge >= 0.3 is 0 Å². The summed E-state index contributed by atoms with van der Waals surface area (Å²) in [5, 5.41) is 15.6. The largest absolute Gasteiger partial charge is 0.348 e. The molecule has 2 N–H and O–H groups in total. The SMILES string of the molecule is CC1N(S(=O)(=O)c2ccc(F)cc2)c2ccc(C(=O)NCc3ccccc3C#N)cc2C12CCNCC2. The summed E-state index contributed by atoms with van der Waals surface area (Å²) in [7, 11) is -3.97. The number of rotatable bonds is 5. The van der Waals surface area contributed by atoms with Crippen molar-refractivity contribution < 1.29 is 17.6 Å². The van der Waals surface area contributed by atoms with Crippen molar-refractivity contribution >= 4 is 21.6 Å². The maximum Gasteiger partial charge on any atom is 0.264 e. The van der Waals surface area contributed by atoms with Gasteiger partial charge in [-0.15, -0.1) is 0 Å². The number of halogens is 1. The molecule has 7 nitrogen and oxygen atoms in total. The first-order chi connectivity index (χ1) is 17.8. The van der Waals surface area contributed by atoms with Gasteiger partial charge in [0.2, 0.25) is 0 Å². The number of fused-ring (bicyclic) bond motifs is 2. The predicted molar refractivity (Wildman–Crippen MR) is 138 cm³/mol. The van der Waals surface area contributed by atoms with E-state index in [1.165, 1.54) is 16.4 Å². The molecule has 37 heavy (non-hydrogen) atoms. The van der Waals surface area contributed by atoms with Gasteiger partial charge in [0.15, 0.2) is 0 Å². The second-order valence-corrected chi connectivity index (χ2v) is 11.3. The van der Waals surface area contributed by atoms with E-state index in [4.69, 9.17) is 0 Å². The Balaban J connectivity index is 1.52. The third kappa shape index (κ3) is 4.26. The lowest BCUT2D eigenvalue weighted by atomic mass is 9.70. The van der Waals surface area contributed by atoms with Crippen LogP contribution in [0.1, 0.15) is 46.8 Å². The first kappa shape index (κ1) is 24.9. The van der Waals surface area contributed by atoms with E-state index in [0.717, 1.165) is 49.2 Å². The molecule has 190 valence electrons. The molecular formula is C28H27FN4O3S. The molecule has 0 aromatic heterocycles. The summed E-state index contributed by atoms with van der Waals surface area (Å²) >= 11 is 0. The summed E-state index contributed by atoms with van der Waals surface area (Å²) < 4.78 is 42.5. The highest BCUT2D eigenvalue weighted by atomic mass is 32.2. The van der Waals surface area contributed by atoms with Gasteiger partial charge in [0.05, 0.1) is 28.3 Å². The van der Waals surface area contributed by atoms with Crippen molar-refractivity contribution in [2.45, 2.75) is 42.7 Å². The minimum atomic E-state index is -3.97. The normalized spacial score (nSPS) is 18.3. The zero-order chi connectivity index (χ0) is 26.2. The fourth-order valence-electron chi connectivity index (χ4n) is 5.61. The average molecular weight is 519 g/mol. The number of amides is 1. The highest BCUT2D eigenvalue weighted by Gasteiger charge is 2.53. The Morgan fingerprint density at radius 1 is 1.14 bits per heavy atom. The molecule has 0 saturated carbocycles. The number of sulfonamides is 1. The van der Waals surface area contributed by atoms with Crippen LogP contribution in [0.15, 0.2) is 71.6 Å². The molecule has 1 atom stereocenters. The number of piperidine rings is 1. The standard InChI is InChI=1S/C28H27FN4O3S/c1-19-28(12-14-31-15-13-28)25-16-20(27(34)32-18-22-5-3-2-4-21(22)17-30)6-11-26(25)33(19)37(35,36)24-9-7-23(29)8-10-24/h2-11,16,19,31H,12-15,18H2,1H3,(H,32,34). The summed E-state index contributed by atoms with van der Waals surface area (Å²) in [6, 6.07) is 18.8. The fourth-order valence-corrected chi connectivity index (χ4v) is 7.35. The van der Waals surface area contributed by atoms with Gasteiger partial charge in [0.25, 0.3) is 15.9 Å². The van der Waals surface area contributed by atoms with E-state index in [1.54, 1.807) is 30.3 Å². The van der Waals surface area contributed by atoms with E-state index in [9.17, 15) is 22.9 Å². The van der Waals surface area contributed by atoms with Gasteiger partial charge in [-0.05, 0) is 92.5 Å². The Hall–Kier alpha value is -3.74. The van der Waals surface area contributed by atoms with Crippen molar-refractivity contribution in [3.8, 4) is 6.07 Å². The summed E-state index contributed by atoms with van der Waals surface area (Å²) in [5.74, 6) is -0.802. The summed E-state index contributed by atoms with van der Waals surface area (Å²) in [4.78, 5) is 13.2. The molecule has 0 bridgehead atoms. The Morgan fingerprint density at radius 2 is 1.84 bits per heavy atom. The zero-order valence-electron chi connectivity index (χ0n) is 20.4. The first-order valence-electron chi connectivity index (χ1n) is 12.2. The number of hydrogen-bond donors (Lipinski definition) is 2. The zero-order valence-corrected chi connectivity index (χ0v) is 21.2. The van der Waals surface area contributed by atoms with Gasteiger partial charge in [0, 0.05) is 17.5 Å². The number of nitrogens with one attached hydrogen (secondary N) is 2. The van der Waals surface area contributed by atoms with E-state index < -0.39 is 21.3 Å². The van der Waals surface area contributed by atoms with Crippen LogP contribution in [0, 0.1) is 17.1 Å². The number of nitriles is 1. The number of hydrogen-bond acceptors (Lipinski definition) is 5. The fraction of sp³-hybridized carbons (Fsp3) is 0.286. The Labute approximate surface area is 216 Å². The van der Waals surface area contributed by atoms with Crippen LogP contribution >= 0.6 is 0 Å². The van der Waals surface area contributed by atoms with Gasteiger partial charge in [-0.2, -0.15) is 5.26 Å². The van der Waals surface area contributed by atoms with Crippen LogP contribution in [0.25, 0.3) is 0 Å². The molecule has 1 saturated heterocycles. The van der Waals surface area contributed by atoms with Crippen molar-refractivity contribution in [1.29, 1.82) is 5.26 Å². The minimum absolute atomic E-state index is 0.0238. The Kier molecular flexibility index (Phi) is 6.48. The lowest BCUT2D eigenvalue weighted by Crippen LogP contribution is -2.50. The van der Waals surface area contributed by atoms with Crippen LogP contribution in [-0.4, -0.2) is 33.5 Å². The van der Waals surface area contributed by atoms with Gasteiger partial charge < -0.3 is 10.6 Å². The lowest BCUT2D eigenvalue weighted by Gasteiger charge is -2.40. The second kappa shape index (κ2) is 9.61. The lowest BCUT2D eigenvalue weighted by molar-refractivity contribution is 0.0950. The molecule has 0 aliphatic carbocycles.